The Morgan fingerprint density at radius 3 is 1.03 bits per heavy atom. The topological polar surface area (TPSA) is 98.7 Å². The van der Waals surface area contributed by atoms with Crippen molar-refractivity contribution in [2.24, 2.45) is 0 Å². The van der Waals surface area contributed by atoms with Crippen LogP contribution in [0.3, 0.4) is 0 Å². The molecule has 4 N–H and O–H groups in total. The lowest BCUT2D eigenvalue weighted by atomic mass is 9.77. The van der Waals surface area contributed by atoms with Crippen molar-refractivity contribution in [2.75, 3.05) is 0 Å². The molecule has 0 saturated heterocycles. The van der Waals surface area contributed by atoms with Gasteiger partial charge in [0.1, 0.15) is 6.42 Å². The van der Waals surface area contributed by atoms with Gasteiger partial charge in [-0.05, 0) is 82.6 Å². The van der Waals surface area contributed by atoms with Crippen LogP contribution in [-0.4, -0.2) is 33.2 Å². The molecule has 0 aromatic heterocycles. The fourth-order valence-electron chi connectivity index (χ4n) is 9.81. The zero-order valence-corrected chi connectivity index (χ0v) is 37.7. The molecule has 0 aliphatic carbocycles. The summed E-state index contributed by atoms with van der Waals surface area (Å²) >= 11 is 0. The first kappa shape index (κ1) is 44.7. The lowest BCUT2D eigenvalue weighted by Gasteiger charge is -2.39. The summed E-state index contributed by atoms with van der Waals surface area (Å²) < 4.78 is 0. The molecule has 65 heavy (non-hydrogen) atoms. The minimum Gasteiger partial charge on any atom is -0.387 e. The van der Waals surface area contributed by atoms with Gasteiger partial charge < -0.3 is 20.8 Å². The molecule has 0 fully saturated rings. The maximum atomic E-state index is 14.7. The summed E-state index contributed by atoms with van der Waals surface area (Å²) in [5, 5.41) is 36.8. The van der Waals surface area contributed by atoms with Gasteiger partial charge in [-0.3, -0.25) is 9.59 Å². The Morgan fingerprint density at radius 1 is 0.415 bits per heavy atom. The highest BCUT2D eigenvalue weighted by atomic mass is 16.3. The first-order chi connectivity index (χ1) is 31.3. The zero-order chi connectivity index (χ0) is 45.6. The first-order valence-electron chi connectivity index (χ1n) is 22.6. The van der Waals surface area contributed by atoms with Crippen LogP contribution >= 0.6 is 0 Å². The monoisotopic (exact) mass is 858 g/mol. The van der Waals surface area contributed by atoms with E-state index in [9.17, 15) is 19.8 Å². The van der Waals surface area contributed by atoms with Crippen LogP contribution in [0.25, 0.3) is 21.5 Å². The van der Waals surface area contributed by atoms with Gasteiger partial charge in [-0.1, -0.05) is 204 Å². The Bertz CT molecular complexity index is 2670. The number of carbonyl (C=O) groups excluding carboxylic acids is 2. The molecule has 0 spiro atoms. The standard InChI is InChI=1S/C59H58N2O4/c1-40-15-9-19-44(31-40)36-58(64,37-45-20-10-16-41(2)32-45)56(52-29-13-25-48-23-5-7-27-50(48)52)60-54(62)35-55(63)61-57(53-30-14-26-49-24-6-8-28-51(49)53)59(65,38-46-21-11-17-42(3)33-46)39-47-22-12-18-43(4)34-47/h5-34,56-57,64-65H,35-39H2,1-4H3,(H,60,62)(H,61,63)/t56-,57-/m0/s1. The molecule has 6 heteroatoms. The van der Waals surface area contributed by atoms with Crippen LogP contribution in [0.2, 0.25) is 0 Å². The van der Waals surface area contributed by atoms with E-state index in [0.717, 1.165) is 77.2 Å². The van der Waals surface area contributed by atoms with E-state index in [-0.39, 0.29) is 25.7 Å². The maximum absolute atomic E-state index is 14.7. The number of hydrogen-bond acceptors (Lipinski definition) is 4. The Labute approximate surface area is 383 Å². The number of fused-ring (bicyclic) bond motifs is 2. The van der Waals surface area contributed by atoms with Crippen molar-refractivity contribution in [3.63, 3.8) is 0 Å². The highest BCUT2D eigenvalue weighted by molar-refractivity contribution is 5.98. The van der Waals surface area contributed by atoms with Crippen molar-refractivity contribution in [2.45, 2.75) is 83.1 Å². The Balaban J connectivity index is 1.19. The number of rotatable bonds is 16. The molecule has 8 aromatic rings. The summed E-state index contributed by atoms with van der Waals surface area (Å²) in [6.07, 6.45) is 0.390. The van der Waals surface area contributed by atoms with E-state index >= 15 is 0 Å². The Morgan fingerprint density at radius 2 is 0.708 bits per heavy atom. The van der Waals surface area contributed by atoms with Crippen molar-refractivity contribution in [3.8, 4) is 0 Å². The van der Waals surface area contributed by atoms with Crippen molar-refractivity contribution in [1.82, 2.24) is 10.6 Å². The molecule has 2 amide bonds. The van der Waals surface area contributed by atoms with Crippen molar-refractivity contribution < 1.29 is 19.8 Å². The predicted octanol–water partition coefficient (Wildman–Crippen LogP) is 11.1. The second-order valence-corrected chi connectivity index (χ2v) is 18.2. The van der Waals surface area contributed by atoms with Gasteiger partial charge in [-0.15, -0.1) is 0 Å². The molecule has 0 unspecified atom stereocenters. The number of hydrogen-bond donors (Lipinski definition) is 4. The molecule has 328 valence electrons. The third-order valence-corrected chi connectivity index (χ3v) is 12.6. The fraction of sp³-hybridized carbons (Fsp3) is 0.220. The number of aliphatic hydroxyl groups is 2. The van der Waals surface area contributed by atoms with Crippen molar-refractivity contribution in [1.29, 1.82) is 0 Å². The fourth-order valence-corrected chi connectivity index (χ4v) is 9.81. The number of carbonyl (C=O) groups is 2. The molecule has 6 nitrogen and oxygen atoms in total. The Kier molecular flexibility index (Phi) is 13.4. The summed E-state index contributed by atoms with van der Waals surface area (Å²) in [6.45, 7) is 8.11. The van der Waals surface area contributed by atoms with Gasteiger partial charge in [0.25, 0.3) is 0 Å². The van der Waals surface area contributed by atoms with Gasteiger partial charge in [0.2, 0.25) is 11.8 Å². The van der Waals surface area contributed by atoms with Gasteiger partial charge in [-0.2, -0.15) is 0 Å². The van der Waals surface area contributed by atoms with Gasteiger partial charge in [0.05, 0.1) is 23.3 Å². The van der Waals surface area contributed by atoms with Crippen molar-refractivity contribution in [3.05, 3.63) is 238 Å². The lowest BCUT2D eigenvalue weighted by Crippen LogP contribution is -2.51. The minimum atomic E-state index is -1.54. The summed E-state index contributed by atoms with van der Waals surface area (Å²) in [4.78, 5) is 29.4. The third-order valence-electron chi connectivity index (χ3n) is 12.6. The third kappa shape index (κ3) is 10.7. The number of benzene rings is 8. The maximum Gasteiger partial charge on any atom is 0.230 e. The van der Waals surface area contributed by atoms with Crippen molar-refractivity contribution >= 4 is 33.4 Å². The summed E-state index contributed by atoms with van der Waals surface area (Å²) in [5.74, 6) is -1.10. The molecule has 8 aromatic carbocycles. The van der Waals surface area contributed by atoms with Crippen LogP contribution in [0.15, 0.2) is 182 Å². The molecule has 0 bridgehead atoms. The second kappa shape index (κ2) is 19.5. The Hall–Kier alpha value is -6.86. The number of nitrogens with one attached hydrogen (secondary N) is 2. The first-order valence-corrected chi connectivity index (χ1v) is 22.6. The number of amides is 2. The van der Waals surface area contributed by atoms with Crippen LogP contribution in [0.5, 0.6) is 0 Å². The molecule has 0 aliphatic heterocycles. The largest absolute Gasteiger partial charge is 0.387 e. The molecular weight excluding hydrogens is 801 g/mol. The average molecular weight is 859 g/mol. The summed E-state index contributed by atoms with van der Waals surface area (Å²) in [7, 11) is 0. The molecule has 0 aliphatic rings. The van der Waals surface area contributed by atoms with Gasteiger partial charge in [0.15, 0.2) is 0 Å². The highest BCUT2D eigenvalue weighted by Crippen LogP contribution is 2.39. The average Bonchev–Trinajstić information content (AvgIpc) is 3.27. The predicted molar refractivity (Wildman–Crippen MR) is 264 cm³/mol. The van der Waals surface area contributed by atoms with E-state index in [1.54, 1.807) is 0 Å². The van der Waals surface area contributed by atoms with E-state index in [1.165, 1.54) is 0 Å². The molecule has 8 rings (SSSR count). The molecule has 0 heterocycles. The van der Waals surface area contributed by atoms with E-state index in [0.29, 0.717) is 0 Å². The van der Waals surface area contributed by atoms with Crippen LogP contribution in [0.1, 0.15) is 74.1 Å². The second-order valence-electron chi connectivity index (χ2n) is 18.2. The van der Waals surface area contributed by atoms with E-state index in [2.05, 4.69) is 34.9 Å². The highest BCUT2D eigenvalue weighted by Gasteiger charge is 2.42. The van der Waals surface area contributed by atoms with E-state index in [1.807, 2.05) is 185 Å². The molecule has 0 saturated carbocycles. The van der Waals surface area contributed by atoms with Gasteiger partial charge >= 0.3 is 0 Å². The number of aryl methyl sites for hydroxylation is 4. The SMILES string of the molecule is Cc1cccc(CC(O)(Cc2cccc(C)c2)[C@@H](NC(=O)CC(=O)N[C@@H](c2cccc3ccccc23)C(O)(Cc2cccc(C)c2)Cc2cccc(C)c2)c2cccc3ccccc23)c1. The smallest absolute Gasteiger partial charge is 0.230 e. The van der Waals surface area contributed by atoms with Gasteiger partial charge in [-0.25, -0.2) is 0 Å². The zero-order valence-electron chi connectivity index (χ0n) is 37.7. The molecular formula is C59H58N2O4. The minimum absolute atomic E-state index is 0.233. The quantitative estimate of drug-likeness (QED) is 0.0728. The molecule has 0 radical (unpaired) electrons. The van der Waals surface area contributed by atoms with Crippen LogP contribution in [0, 0.1) is 27.7 Å². The van der Waals surface area contributed by atoms with Crippen LogP contribution < -0.4 is 10.6 Å². The van der Waals surface area contributed by atoms with E-state index in [4.69, 9.17) is 0 Å². The summed E-state index contributed by atoms with van der Waals surface area (Å²) in [6, 6.07) is 58.3. The summed E-state index contributed by atoms with van der Waals surface area (Å²) in [5.41, 5.74) is 6.39. The lowest BCUT2D eigenvalue weighted by molar-refractivity contribution is -0.133. The van der Waals surface area contributed by atoms with Crippen LogP contribution in [-0.2, 0) is 35.3 Å². The normalized spacial score (nSPS) is 12.8. The van der Waals surface area contributed by atoms with Gasteiger partial charge in [0, 0.05) is 25.7 Å². The molecule has 2 atom stereocenters. The van der Waals surface area contributed by atoms with Crippen LogP contribution in [0.4, 0.5) is 0 Å². The van der Waals surface area contributed by atoms with E-state index < -0.39 is 41.5 Å².